The molecule has 7 heteroatoms. The second kappa shape index (κ2) is 6.98. The van der Waals surface area contributed by atoms with Gasteiger partial charge in [-0.3, -0.25) is 0 Å². The number of nitrogens with zero attached hydrogens (tertiary/aromatic N) is 2. The van der Waals surface area contributed by atoms with Gasteiger partial charge in [0.15, 0.2) is 5.96 Å². The average molecular weight is 299 g/mol. The largest absolute Gasteiger partial charge is 0.494 e. The third-order valence-electron chi connectivity index (χ3n) is 2.61. The topological polar surface area (TPSA) is 121 Å². The maximum Gasteiger partial charge on any atom is 0.223 e. The molecule has 0 bridgehead atoms. The molecule has 0 amide bonds. The number of rotatable bonds is 4. The number of hydrogen-bond donors (Lipinski definition) is 3. The van der Waals surface area contributed by atoms with Crippen LogP contribution in [0.4, 0.5) is 5.69 Å². The van der Waals surface area contributed by atoms with Crippen LogP contribution in [-0.2, 0) is 0 Å². The molecule has 0 saturated carbocycles. The molecule has 0 aromatic heterocycles. The Balaban J connectivity index is 2.32. The van der Waals surface area contributed by atoms with Crippen molar-refractivity contribution in [2.24, 2.45) is 27.2 Å². The third-order valence-corrected chi connectivity index (χ3v) is 2.61. The van der Waals surface area contributed by atoms with Crippen LogP contribution in [0, 0.1) is 0 Å². The Hall–Kier alpha value is -3.22. The van der Waals surface area contributed by atoms with Crippen molar-refractivity contribution in [2.75, 3.05) is 7.11 Å². The molecule has 0 aliphatic rings. The summed E-state index contributed by atoms with van der Waals surface area (Å²) in [6, 6.07) is 14.5. The van der Waals surface area contributed by atoms with Gasteiger partial charge in [-0.05, 0) is 24.3 Å². The Kier molecular flexibility index (Phi) is 4.81. The van der Waals surface area contributed by atoms with E-state index >= 15 is 0 Å². The number of ether oxygens (including phenoxy) is 2. The molecule has 2 aromatic rings. The molecule has 22 heavy (non-hydrogen) atoms. The molecule has 0 aliphatic heterocycles. The highest BCUT2D eigenvalue weighted by atomic mass is 16.5. The standard InChI is InChI=1S/C15H17N5O2/c1-21-13-8-7-11(22-10-5-3-2-4-6-10)9-12(13)19-15(18)20-14(16)17/h2-9H,1H3,(H6,16,17,18,19,20). The highest BCUT2D eigenvalue weighted by Crippen LogP contribution is 2.33. The number of guanidine groups is 2. The van der Waals surface area contributed by atoms with Crippen molar-refractivity contribution in [3.8, 4) is 17.2 Å². The van der Waals surface area contributed by atoms with Gasteiger partial charge in [-0.1, -0.05) is 18.2 Å². The predicted octanol–water partition coefficient (Wildman–Crippen LogP) is 1.71. The van der Waals surface area contributed by atoms with Gasteiger partial charge < -0.3 is 26.7 Å². The van der Waals surface area contributed by atoms with Crippen molar-refractivity contribution in [3.05, 3.63) is 48.5 Å². The first-order valence-corrected chi connectivity index (χ1v) is 6.43. The molecular weight excluding hydrogens is 282 g/mol. The van der Waals surface area contributed by atoms with Crippen LogP contribution < -0.4 is 26.7 Å². The van der Waals surface area contributed by atoms with Crippen LogP contribution in [0.1, 0.15) is 0 Å². The molecule has 0 radical (unpaired) electrons. The summed E-state index contributed by atoms with van der Waals surface area (Å²) in [6.07, 6.45) is 0. The van der Waals surface area contributed by atoms with Gasteiger partial charge in [0.05, 0.1) is 7.11 Å². The lowest BCUT2D eigenvalue weighted by atomic mass is 10.2. The summed E-state index contributed by atoms with van der Waals surface area (Å²) >= 11 is 0. The molecule has 114 valence electrons. The van der Waals surface area contributed by atoms with E-state index in [1.54, 1.807) is 18.2 Å². The van der Waals surface area contributed by atoms with Gasteiger partial charge in [0.1, 0.15) is 22.9 Å². The van der Waals surface area contributed by atoms with Gasteiger partial charge in [-0.2, -0.15) is 4.99 Å². The minimum atomic E-state index is -0.170. The second-order valence-electron chi connectivity index (χ2n) is 4.26. The molecule has 0 spiro atoms. The lowest BCUT2D eigenvalue weighted by Crippen LogP contribution is -2.26. The summed E-state index contributed by atoms with van der Waals surface area (Å²) < 4.78 is 11.0. The van der Waals surface area contributed by atoms with E-state index in [-0.39, 0.29) is 11.9 Å². The van der Waals surface area contributed by atoms with Crippen LogP contribution >= 0.6 is 0 Å². The zero-order valence-corrected chi connectivity index (χ0v) is 12.1. The van der Waals surface area contributed by atoms with E-state index in [1.807, 2.05) is 30.3 Å². The van der Waals surface area contributed by atoms with E-state index in [1.165, 1.54) is 7.11 Å². The quantitative estimate of drug-likeness (QED) is 0.586. The van der Waals surface area contributed by atoms with Crippen molar-refractivity contribution >= 4 is 17.6 Å². The first kappa shape index (κ1) is 15.2. The number of hydrogen-bond acceptors (Lipinski definition) is 3. The Bertz CT molecular complexity index is 694. The molecule has 7 nitrogen and oxygen atoms in total. The summed E-state index contributed by atoms with van der Waals surface area (Å²) in [4.78, 5) is 7.78. The fraction of sp³-hybridized carbons (Fsp3) is 0.0667. The molecule has 6 N–H and O–H groups in total. The molecular formula is C15H17N5O2. The summed E-state index contributed by atoms with van der Waals surface area (Å²) in [5, 5.41) is 0. The Morgan fingerprint density at radius 1 is 0.955 bits per heavy atom. The van der Waals surface area contributed by atoms with Gasteiger partial charge in [-0.15, -0.1) is 0 Å². The van der Waals surface area contributed by atoms with E-state index in [9.17, 15) is 0 Å². The fourth-order valence-electron chi connectivity index (χ4n) is 1.73. The fourth-order valence-corrected chi connectivity index (χ4v) is 1.73. The van der Waals surface area contributed by atoms with E-state index in [4.69, 9.17) is 26.7 Å². The van der Waals surface area contributed by atoms with Crippen LogP contribution in [0.2, 0.25) is 0 Å². The molecule has 2 aromatic carbocycles. The maximum absolute atomic E-state index is 5.73. The van der Waals surface area contributed by atoms with Gasteiger partial charge in [-0.25, -0.2) is 4.99 Å². The number of aliphatic imine (C=N–C) groups is 2. The zero-order chi connectivity index (χ0) is 15.9. The molecule has 2 rings (SSSR count). The van der Waals surface area contributed by atoms with E-state index < -0.39 is 0 Å². The van der Waals surface area contributed by atoms with E-state index in [0.717, 1.165) is 0 Å². The molecule has 0 heterocycles. The van der Waals surface area contributed by atoms with Crippen LogP contribution in [0.3, 0.4) is 0 Å². The van der Waals surface area contributed by atoms with Crippen molar-refractivity contribution in [3.63, 3.8) is 0 Å². The van der Waals surface area contributed by atoms with Crippen LogP contribution in [0.15, 0.2) is 58.5 Å². The molecule has 0 fully saturated rings. The zero-order valence-electron chi connectivity index (χ0n) is 12.1. The molecule has 0 aliphatic carbocycles. The number of para-hydroxylation sites is 1. The molecule has 0 saturated heterocycles. The minimum Gasteiger partial charge on any atom is -0.494 e. The molecule has 0 unspecified atom stereocenters. The average Bonchev–Trinajstić information content (AvgIpc) is 2.47. The van der Waals surface area contributed by atoms with E-state index in [2.05, 4.69) is 9.98 Å². The van der Waals surface area contributed by atoms with Crippen molar-refractivity contribution in [2.45, 2.75) is 0 Å². The monoisotopic (exact) mass is 299 g/mol. The normalized spacial score (nSPS) is 10.9. The minimum absolute atomic E-state index is 0.0739. The summed E-state index contributed by atoms with van der Waals surface area (Å²) in [6.45, 7) is 0. The van der Waals surface area contributed by atoms with Gasteiger partial charge in [0.25, 0.3) is 0 Å². The van der Waals surface area contributed by atoms with Crippen LogP contribution in [0.25, 0.3) is 0 Å². The predicted molar refractivity (Wildman–Crippen MR) is 86.6 cm³/mol. The second-order valence-corrected chi connectivity index (χ2v) is 4.26. The highest BCUT2D eigenvalue weighted by Gasteiger charge is 2.06. The SMILES string of the molecule is COc1ccc(Oc2ccccc2)cc1N=C(N)N=C(N)N. The number of nitrogens with two attached hydrogens (primary N) is 3. The first-order chi connectivity index (χ1) is 10.6. The number of methoxy groups -OCH3 is 1. The molecule has 0 atom stereocenters. The smallest absolute Gasteiger partial charge is 0.223 e. The van der Waals surface area contributed by atoms with Crippen LogP contribution in [-0.4, -0.2) is 19.0 Å². The summed E-state index contributed by atoms with van der Waals surface area (Å²) in [7, 11) is 1.53. The van der Waals surface area contributed by atoms with Crippen LogP contribution in [0.5, 0.6) is 17.2 Å². The lowest BCUT2D eigenvalue weighted by Gasteiger charge is -2.09. The number of benzene rings is 2. The summed E-state index contributed by atoms with van der Waals surface area (Å²) in [5.41, 5.74) is 16.6. The Morgan fingerprint density at radius 3 is 2.32 bits per heavy atom. The van der Waals surface area contributed by atoms with E-state index in [0.29, 0.717) is 22.9 Å². The Labute approximate surface area is 128 Å². The third kappa shape index (κ3) is 4.14. The van der Waals surface area contributed by atoms with Gasteiger partial charge >= 0.3 is 0 Å². The first-order valence-electron chi connectivity index (χ1n) is 6.43. The lowest BCUT2D eigenvalue weighted by molar-refractivity contribution is 0.414. The Morgan fingerprint density at radius 2 is 1.68 bits per heavy atom. The van der Waals surface area contributed by atoms with Crippen molar-refractivity contribution in [1.82, 2.24) is 0 Å². The maximum atomic E-state index is 5.73. The highest BCUT2D eigenvalue weighted by molar-refractivity contribution is 5.94. The van der Waals surface area contributed by atoms with Crippen molar-refractivity contribution < 1.29 is 9.47 Å². The summed E-state index contributed by atoms with van der Waals surface area (Å²) in [5.74, 6) is 1.57. The van der Waals surface area contributed by atoms with Crippen molar-refractivity contribution in [1.29, 1.82) is 0 Å². The van der Waals surface area contributed by atoms with Gasteiger partial charge in [0, 0.05) is 6.07 Å². The van der Waals surface area contributed by atoms with Gasteiger partial charge in [0.2, 0.25) is 5.96 Å².